The second-order valence-electron chi connectivity index (χ2n) is 7.52. The summed E-state index contributed by atoms with van der Waals surface area (Å²) >= 11 is 0. The number of nitrogens with zero attached hydrogens (tertiary/aromatic N) is 2. The Labute approximate surface area is 164 Å². The molecule has 28 heavy (non-hydrogen) atoms. The zero-order valence-electron chi connectivity index (χ0n) is 16.1. The number of hydrogen-bond donors (Lipinski definition) is 2. The largest absolute Gasteiger partial charge is 0.354 e. The fourth-order valence-corrected chi connectivity index (χ4v) is 3.84. The van der Waals surface area contributed by atoms with Crippen LogP contribution in [0.1, 0.15) is 35.6 Å². The number of imidazole rings is 1. The first kappa shape index (κ1) is 18.2. The number of rotatable bonds is 6. The highest BCUT2D eigenvalue weighted by molar-refractivity contribution is 6.01. The van der Waals surface area contributed by atoms with Crippen LogP contribution < -0.4 is 5.32 Å². The van der Waals surface area contributed by atoms with Gasteiger partial charge in [0.05, 0.1) is 11.0 Å². The van der Waals surface area contributed by atoms with E-state index in [4.69, 9.17) is 0 Å². The van der Waals surface area contributed by atoms with Crippen LogP contribution in [0.2, 0.25) is 0 Å². The van der Waals surface area contributed by atoms with Gasteiger partial charge in [0.15, 0.2) is 0 Å². The number of aromatic nitrogens is 2. The highest BCUT2D eigenvalue weighted by Crippen LogP contribution is 2.27. The number of carbonyl (C=O) groups excluding carboxylic acids is 2. The molecule has 1 atom stereocenters. The van der Waals surface area contributed by atoms with E-state index in [0.717, 1.165) is 22.4 Å². The van der Waals surface area contributed by atoms with Crippen molar-refractivity contribution in [3.8, 4) is 0 Å². The minimum absolute atomic E-state index is 0.0180. The molecule has 6 heteroatoms. The minimum Gasteiger partial charge on any atom is -0.354 e. The average Bonchev–Trinajstić information content (AvgIpc) is 3.23. The van der Waals surface area contributed by atoms with Gasteiger partial charge in [-0.2, -0.15) is 0 Å². The zero-order chi connectivity index (χ0) is 19.7. The van der Waals surface area contributed by atoms with E-state index in [1.807, 2.05) is 62.4 Å². The van der Waals surface area contributed by atoms with Gasteiger partial charge in [0, 0.05) is 25.1 Å². The van der Waals surface area contributed by atoms with Crippen molar-refractivity contribution in [3.63, 3.8) is 0 Å². The summed E-state index contributed by atoms with van der Waals surface area (Å²) in [4.78, 5) is 35.2. The molecule has 1 aliphatic heterocycles. The molecule has 0 bridgehead atoms. The van der Waals surface area contributed by atoms with E-state index in [0.29, 0.717) is 25.1 Å². The van der Waals surface area contributed by atoms with Gasteiger partial charge in [-0.3, -0.25) is 9.59 Å². The van der Waals surface area contributed by atoms with Crippen LogP contribution in [-0.2, 0) is 17.8 Å². The Bertz CT molecular complexity index is 991. The van der Waals surface area contributed by atoms with E-state index in [1.165, 1.54) is 0 Å². The van der Waals surface area contributed by atoms with Crippen LogP contribution in [0.5, 0.6) is 0 Å². The van der Waals surface area contributed by atoms with E-state index in [2.05, 4.69) is 15.3 Å². The molecule has 4 rings (SSSR count). The van der Waals surface area contributed by atoms with Gasteiger partial charge in [0.2, 0.25) is 5.91 Å². The molecule has 2 heterocycles. The molecule has 0 unspecified atom stereocenters. The van der Waals surface area contributed by atoms with Crippen molar-refractivity contribution in [1.82, 2.24) is 20.2 Å². The van der Waals surface area contributed by atoms with Crippen LogP contribution in [-0.4, -0.2) is 39.3 Å². The number of hydrogen-bond acceptors (Lipinski definition) is 3. The second-order valence-corrected chi connectivity index (χ2v) is 7.52. The van der Waals surface area contributed by atoms with Gasteiger partial charge in [-0.15, -0.1) is 0 Å². The van der Waals surface area contributed by atoms with Crippen LogP contribution in [0.15, 0.2) is 48.5 Å². The van der Waals surface area contributed by atoms with E-state index < -0.39 is 6.04 Å². The lowest BCUT2D eigenvalue weighted by Crippen LogP contribution is -2.50. The van der Waals surface area contributed by atoms with Crippen LogP contribution >= 0.6 is 0 Å². The van der Waals surface area contributed by atoms with Gasteiger partial charge in [0.1, 0.15) is 11.9 Å². The summed E-state index contributed by atoms with van der Waals surface area (Å²) in [5.41, 5.74) is 3.59. The van der Waals surface area contributed by atoms with E-state index in [-0.39, 0.29) is 17.7 Å². The summed E-state index contributed by atoms with van der Waals surface area (Å²) in [7, 11) is 0. The first-order valence-corrected chi connectivity index (χ1v) is 9.65. The third-order valence-corrected chi connectivity index (χ3v) is 5.18. The SMILES string of the molecule is CC(C)[C@@H](C(=O)NCCc1nc2ccccc2[nH]1)N1Cc2ccccc2C1=O. The minimum atomic E-state index is -0.490. The molecule has 0 fully saturated rings. The Morgan fingerprint density at radius 2 is 1.93 bits per heavy atom. The Morgan fingerprint density at radius 1 is 1.18 bits per heavy atom. The lowest BCUT2D eigenvalue weighted by Gasteiger charge is -2.29. The molecule has 2 aromatic carbocycles. The van der Waals surface area contributed by atoms with E-state index in [9.17, 15) is 9.59 Å². The molecule has 0 saturated carbocycles. The van der Waals surface area contributed by atoms with Gasteiger partial charge < -0.3 is 15.2 Å². The van der Waals surface area contributed by atoms with Gasteiger partial charge in [-0.25, -0.2) is 4.98 Å². The summed E-state index contributed by atoms with van der Waals surface area (Å²) < 4.78 is 0. The number of amides is 2. The quantitative estimate of drug-likeness (QED) is 0.694. The van der Waals surface area contributed by atoms with Crippen molar-refractivity contribution < 1.29 is 9.59 Å². The van der Waals surface area contributed by atoms with E-state index >= 15 is 0 Å². The van der Waals surface area contributed by atoms with Gasteiger partial charge in [-0.1, -0.05) is 44.2 Å². The molecule has 3 aromatic rings. The highest BCUT2D eigenvalue weighted by atomic mass is 16.2. The molecule has 0 aliphatic carbocycles. The van der Waals surface area contributed by atoms with Crippen molar-refractivity contribution in [2.45, 2.75) is 32.9 Å². The number of benzene rings is 2. The van der Waals surface area contributed by atoms with Crippen LogP contribution in [0.3, 0.4) is 0 Å². The lowest BCUT2D eigenvalue weighted by atomic mass is 10.0. The second kappa shape index (κ2) is 7.46. The Kier molecular flexibility index (Phi) is 4.86. The maximum atomic E-state index is 12.9. The maximum Gasteiger partial charge on any atom is 0.255 e. The summed E-state index contributed by atoms with van der Waals surface area (Å²) in [6.45, 7) is 4.89. The van der Waals surface area contributed by atoms with Gasteiger partial charge in [-0.05, 0) is 29.7 Å². The maximum absolute atomic E-state index is 12.9. The third-order valence-electron chi connectivity index (χ3n) is 5.18. The summed E-state index contributed by atoms with van der Waals surface area (Å²) in [6.07, 6.45) is 0.611. The number of para-hydroxylation sites is 2. The monoisotopic (exact) mass is 376 g/mol. The molecular formula is C22H24N4O2. The molecular weight excluding hydrogens is 352 g/mol. The summed E-state index contributed by atoms with van der Waals surface area (Å²) in [6, 6.07) is 14.9. The molecule has 2 N–H and O–H groups in total. The smallest absolute Gasteiger partial charge is 0.255 e. The van der Waals surface area contributed by atoms with Crippen molar-refractivity contribution in [2.75, 3.05) is 6.54 Å². The standard InChI is InChI=1S/C22H24N4O2/c1-14(2)20(26-13-15-7-3-4-8-16(15)22(26)28)21(27)23-12-11-19-24-17-9-5-6-10-18(17)25-19/h3-10,14,20H,11-13H2,1-2H3,(H,23,27)(H,24,25)/t20-/m0/s1. The number of H-pyrrole nitrogens is 1. The summed E-state index contributed by atoms with van der Waals surface area (Å²) in [5, 5.41) is 2.99. The first-order valence-electron chi connectivity index (χ1n) is 9.65. The fourth-order valence-electron chi connectivity index (χ4n) is 3.84. The highest BCUT2D eigenvalue weighted by Gasteiger charge is 2.37. The third kappa shape index (κ3) is 3.38. The first-order chi connectivity index (χ1) is 13.5. The Hall–Kier alpha value is -3.15. The average molecular weight is 376 g/mol. The molecule has 0 saturated heterocycles. The molecule has 1 aliphatic rings. The fraction of sp³-hybridized carbons (Fsp3) is 0.318. The normalized spacial score (nSPS) is 14.5. The van der Waals surface area contributed by atoms with Gasteiger partial charge in [0.25, 0.3) is 5.91 Å². The Morgan fingerprint density at radius 3 is 2.68 bits per heavy atom. The molecule has 0 spiro atoms. The number of carbonyl (C=O) groups is 2. The number of nitrogens with one attached hydrogen (secondary N) is 2. The molecule has 1 aromatic heterocycles. The number of aromatic amines is 1. The molecule has 0 radical (unpaired) electrons. The van der Waals surface area contributed by atoms with Gasteiger partial charge >= 0.3 is 0 Å². The molecule has 144 valence electrons. The summed E-state index contributed by atoms with van der Waals surface area (Å²) in [5.74, 6) is 0.672. The van der Waals surface area contributed by atoms with Crippen molar-refractivity contribution in [1.29, 1.82) is 0 Å². The Balaban J connectivity index is 1.41. The zero-order valence-corrected chi connectivity index (χ0v) is 16.1. The predicted octanol–water partition coefficient (Wildman–Crippen LogP) is 2.90. The topological polar surface area (TPSA) is 78.1 Å². The van der Waals surface area contributed by atoms with Crippen LogP contribution in [0.25, 0.3) is 11.0 Å². The van der Waals surface area contributed by atoms with Crippen LogP contribution in [0.4, 0.5) is 0 Å². The predicted molar refractivity (Wildman–Crippen MR) is 108 cm³/mol. The lowest BCUT2D eigenvalue weighted by molar-refractivity contribution is -0.127. The van der Waals surface area contributed by atoms with Crippen molar-refractivity contribution in [3.05, 3.63) is 65.5 Å². The number of fused-ring (bicyclic) bond motifs is 2. The molecule has 2 amide bonds. The van der Waals surface area contributed by atoms with E-state index in [1.54, 1.807) is 4.90 Å². The van der Waals surface area contributed by atoms with Crippen molar-refractivity contribution >= 4 is 22.8 Å². The molecule has 6 nitrogen and oxygen atoms in total. The van der Waals surface area contributed by atoms with Crippen LogP contribution in [0, 0.1) is 5.92 Å². The van der Waals surface area contributed by atoms with Crippen molar-refractivity contribution in [2.24, 2.45) is 5.92 Å².